The molecule has 1 atom stereocenters. The summed E-state index contributed by atoms with van der Waals surface area (Å²) in [4.78, 5) is 29.4. The second kappa shape index (κ2) is 11.3. The number of nitrogens with one attached hydrogen (secondary N) is 2. The van der Waals surface area contributed by atoms with Gasteiger partial charge in [-0.05, 0) is 70.3 Å². The first-order valence-electron chi connectivity index (χ1n) is 11.7. The fourth-order valence-electron chi connectivity index (χ4n) is 4.50. The number of urea groups is 1. The number of carbonyl (C=O) groups is 2. The zero-order chi connectivity index (χ0) is 21.3. The van der Waals surface area contributed by atoms with Crippen molar-refractivity contribution in [3.05, 3.63) is 35.4 Å². The van der Waals surface area contributed by atoms with E-state index >= 15 is 0 Å². The zero-order valence-electron chi connectivity index (χ0n) is 18.7. The number of likely N-dealkylation sites (tertiary alicyclic amines) is 2. The van der Waals surface area contributed by atoms with Crippen LogP contribution in [0.25, 0.3) is 0 Å². The molecule has 0 aliphatic carbocycles. The van der Waals surface area contributed by atoms with E-state index in [2.05, 4.69) is 21.6 Å². The Morgan fingerprint density at radius 1 is 1.07 bits per heavy atom. The molecule has 3 rings (SSSR count). The molecule has 2 N–H and O–H groups in total. The van der Waals surface area contributed by atoms with E-state index in [4.69, 9.17) is 0 Å². The van der Waals surface area contributed by atoms with Gasteiger partial charge in [0, 0.05) is 43.7 Å². The molecule has 166 valence electrons. The summed E-state index contributed by atoms with van der Waals surface area (Å²) < 4.78 is 0. The molecule has 2 saturated heterocycles. The van der Waals surface area contributed by atoms with Crippen LogP contribution in [0.3, 0.4) is 0 Å². The lowest BCUT2D eigenvalue weighted by atomic mass is 9.89. The van der Waals surface area contributed by atoms with Crippen LogP contribution in [0.1, 0.15) is 74.2 Å². The van der Waals surface area contributed by atoms with Crippen molar-refractivity contribution in [2.75, 3.05) is 39.3 Å². The molecule has 0 saturated carbocycles. The van der Waals surface area contributed by atoms with Crippen LogP contribution in [0, 0.1) is 0 Å². The van der Waals surface area contributed by atoms with Gasteiger partial charge in [0.1, 0.15) is 0 Å². The molecule has 0 bridgehead atoms. The summed E-state index contributed by atoms with van der Waals surface area (Å²) in [5, 5.41) is 6.08. The quantitative estimate of drug-likeness (QED) is 0.748. The van der Waals surface area contributed by atoms with Crippen LogP contribution in [0.2, 0.25) is 0 Å². The normalized spacial score (nSPS) is 20.6. The summed E-state index contributed by atoms with van der Waals surface area (Å²) in [6.45, 7) is 9.37. The number of hydrogen-bond acceptors (Lipinski definition) is 3. The van der Waals surface area contributed by atoms with Crippen molar-refractivity contribution in [2.45, 2.75) is 64.3 Å². The smallest absolute Gasteiger partial charge is 0.317 e. The molecule has 1 aromatic rings. The van der Waals surface area contributed by atoms with Crippen LogP contribution < -0.4 is 10.6 Å². The Morgan fingerprint density at radius 2 is 1.83 bits per heavy atom. The Kier molecular flexibility index (Phi) is 8.55. The summed E-state index contributed by atoms with van der Waals surface area (Å²) in [7, 11) is 0. The first-order valence-corrected chi connectivity index (χ1v) is 11.7. The monoisotopic (exact) mass is 414 g/mol. The second-order valence-electron chi connectivity index (χ2n) is 9.03. The van der Waals surface area contributed by atoms with Gasteiger partial charge in [-0.3, -0.25) is 4.79 Å². The number of benzene rings is 1. The van der Waals surface area contributed by atoms with Gasteiger partial charge in [-0.25, -0.2) is 4.79 Å². The van der Waals surface area contributed by atoms with Crippen molar-refractivity contribution in [3.63, 3.8) is 0 Å². The van der Waals surface area contributed by atoms with Crippen molar-refractivity contribution >= 4 is 11.9 Å². The average Bonchev–Trinajstić information content (AvgIpc) is 3.02. The third-order valence-corrected chi connectivity index (χ3v) is 6.15. The molecule has 2 aliphatic rings. The Morgan fingerprint density at radius 3 is 2.57 bits per heavy atom. The lowest BCUT2D eigenvalue weighted by Crippen LogP contribution is -2.47. The van der Waals surface area contributed by atoms with Crippen LogP contribution in [-0.2, 0) is 0 Å². The number of carbonyl (C=O) groups excluding carboxylic acids is 2. The molecule has 2 aliphatic heterocycles. The molecule has 0 spiro atoms. The van der Waals surface area contributed by atoms with Gasteiger partial charge in [0.25, 0.3) is 5.91 Å². The number of hydrogen-bond donors (Lipinski definition) is 2. The molecule has 6 heteroatoms. The van der Waals surface area contributed by atoms with Crippen LogP contribution in [-0.4, -0.2) is 67.0 Å². The van der Waals surface area contributed by atoms with Gasteiger partial charge in [-0.1, -0.05) is 25.0 Å². The molecular formula is C24H38N4O2. The maximum absolute atomic E-state index is 12.7. The largest absolute Gasteiger partial charge is 0.351 e. The highest BCUT2D eigenvalue weighted by atomic mass is 16.2. The first kappa shape index (κ1) is 22.6. The van der Waals surface area contributed by atoms with Crippen LogP contribution >= 0.6 is 0 Å². The van der Waals surface area contributed by atoms with Crippen molar-refractivity contribution in [2.24, 2.45) is 0 Å². The van der Waals surface area contributed by atoms with E-state index in [0.29, 0.717) is 18.7 Å². The summed E-state index contributed by atoms with van der Waals surface area (Å²) in [6, 6.07) is 8.10. The van der Waals surface area contributed by atoms with E-state index in [9.17, 15) is 9.59 Å². The summed E-state index contributed by atoms with van der Waals surface area (Å²) >= 11 is 0. The summed E-state index contributed by atoms with van der Waals surface area (Å²) in [5.41, 5.74) is 1.87. The van der Waals surface area contributed by atoms with Gasteiger partial charge < -0.3 is 20.4 Å². The molecule has 30 heavy (non-hydrogen) atoms. The second-order valence-corrected chi connectivity index (χ2v) is 9.03. The van der Waals surface area contributed by atoms with Gasteiger partial charge in [-0.2, -0.15) is 0 Å². The molecule has 1 aromatic carbocycles. The molecule has 0 unspecified atom stereocenters. The van der Waals surface area contributed by atoms with E-state index in [1.807, 2.05) is 36.9 Å². The lowest BCUT2D eigenvalue weighted by molar-refractivity contribution is 0.0948. The van der Waals surface area contributed by atoms with Gasteiger partial charge in [-0.15, -0.1) is 0 Å². The van der Waals surface area contributed by atoms with Gasteiger partial charge in [0.2, 0.25) is 0 Å². The number of nitrogens with zero attached hydrogens (tertiary/aromatic N) is 2. The topological polar surface area (TPSA) is 64.7 Å². The summed E-state index contributed by atoms with van der Waals surface area (Å²) in [6.07, 6.45) is 7.22. The molecule has 6 nitrogen and oxygen atoms in total. The highest BCUT2D eigenvalue weighted by Crippen LogP contribution is 2.27. The molecule has 2 heterocycles. The van der Waals surface area contributed by atoms with E-state index in [0.717, 1.165) is 44.6 Å². The van der Waals surface area contributed by atoms with Crippen molar-refractivity contribution in [3.8, 4) is 0 Å². The van der Waals surface area contributed by atoms with Crippen molar-refractivity contribution < 1.29 is 9.59 Å². The Hall–Kier alpha value is -2.08. The standard InChI is InChI=1S/C24H38N4O2/c1-19(2)26-24(30)28-15-8-11-22(18-28)20-9-7-10-21(17-20)23(29)25-12-16-27-13-5-3-4-6-14-27/h7,9-10,17,19,22H,3-6,8,11-16,18H2,1-2H3,(H,25,29)(H,26,30)/t22-/m1/s1. The predicted molar refractivity (Wildman–Crippen MR) is 121 cm³/mol. The van der Waals surface area contributed by atoms with Gasteiger partial charge in [0.05, 0.1) is 0 Å². The molecule has 0 aromatic heterocycles. The van der Waals surface area contributed by atoms with E-state index in [-0.39, 0.29) is 23.9 Å². The van der Waals surface area contributed by atoms with E-state index in [1.165, 1.54) is 25.7 Å². The van der Waals surface area contributed by atoms with Gasteiger partial charge in [0.15, 0.2) is 0 Å². The molecule has 0 radical (unpaired) electrons. The number of piperidine rings is 1. The fourth-order valence-corrected chi connectivity index (χ4v) is 4.50. The molecule has 3 amide bonds. The molecule has 2 fully saturated rings. The maximum atomic E-state index is 12.7. The molecular weight excluding hydrogens is 376 g/mol. The van der Waals surface area contributed by atoms with E-state index < -0.39 is 0 Å². The van der Waals surface area contributed by atoms with E-state index in [1.54, 1.807) is 0 Å². The van der Waals surface area contributed by atoms with Crippen LogP contribution in [0.5, 0.6) is 0 Å². The minimum atomic E-state index is -0.00288. The SMILES string of the molecule is CC(C)NC(=O)N1CCC[C@@H](c2cccc(C(=O)NCCN3CCCCCC3)c2)C1. The van der Waals surface area contributed by atoms with Crippen LogP contribution in [0.4, 0.5) is 4.79 Å². The minimum absolute atomic E-state index is 0.00288. The third kappa shape index (κ3) is 6.73. The Bertz CT molecular complexity index is 698. The number of amides is 3. The maximum Gasteiger partial charge on any atom is 0.317 e. The predicted octanol–water partition coefficient (Wildman–Crippen LogP) is 3.59. The van der Waals surface area contributed by atoms with Gasteiger partial charge >= 0.3 is 6.03 Å². The highest BCUT2D eigenvalue weighted by Gasteiger charge is 2.25. The van der Waals surface area contributed by atoms with Crippen molar-refractivity contribution in [1.82, 2.24) is 20.4 Å². The number of rotatable bonds is 6. The zero-order valence-corrected chi connectivity index (χ0v) is 18.7. The average molecular weight is 415 g/mol. The van der Waals surface area contributed by atoms with Crippen LogP contribution in [0.15, 0.2) is 24.3 Å². The summed E-state index contributed by atoms with van der Waals surface area (Å²) in [5.74, 6) is 0.276. The Labute approximate surface area is 181 Å². The Balaban J connectivity index is 1.53. The minimum Gasteiger partial charge on any atom is -0.351 e. The first-order chi connectivity index (χ1) is 14.5. The highest BCUT2D eigenvalue weighted by molar-refractivity contribution is 5.94. The lowest BCUT2D eigenvalue weighted by Gasteiger charge is -2.33. The fraction of sp³-hybridized carbons (Fsp3) is 0.667. The third-order valence-electron chi connectivity index (χ3n) is 6.15. The van der Waals surface area contributed by atoms with Crippen molar-refractivity contribution in [1.29, 1.82) is 0 Å².